The summed E-state index contributed by atoms with van der Waals surface area (Å²) < 4.78 is 5.15. The molecule has 7 nitrogen and oxygen atoms in total. The zero-order valence-electron chi connectivity index (χ0n) is 11.7. The third-order valence-electron chi connectivity index (χ3n) is 2.39. The van der Waals surface area contributed by atoms with Crippen LogP contribution in [0.25, 0.3) is 0 Å². The summed E-state index contributed by atoms with van der Waals surface area (Å²) in [5.41, 5.74) is 0.526. The predicted octanol–water partition coefficient (Wildman–Crippen LogP) is 1.71. The Balaban J connectivity index is 3.27. The van der Waals surface area contributed by atoms with E-state index in [4.69, 9.17) is 4.74 Å². The molecule has 0 aliphatic carbocycles. The van der Waals surface area contributed by atoms with Crippen LogP contribution >= 0.6 is 0 Å². The monoisotopic (exact) mass is 266 g/mol. The summed E-state index contributed by atoms with van der Waals surface area (Å²) in [4.78, 5) is 18.4. The first-order valence-corrected chi connectivity index (χ1v) is 5.62. The molecule has 0 N–H and O–H groups in total. The highest BCUT2D eigenvalue weighted by atomic mass is 16.6. The van der Waals surface area contributed by atoms with Gasteiger partial charge in [0.05, 0.1) is 18.1 Å². The van der Waals surface area contributed by atoms with Crippen LogP contribution in [0.15, 0.2) is 23.2 Å². The molecule has 0 radical (unpaired) electrons. The predicted molar refractivity (Wildman–Crippen MR) is 74.1 cm³/mol. The Morgan fingerprint density at radius 3 is 2.26 bits per heavy atom. The topological polar surface area (TPSA) is 71.2 Å². The minimum atomic E-state index is -0.463. The molecule has 19 heavy (non-hydrogen) atoms. The Morgan fingerprint density at radius 1 is 1.26 bits per heavy atom. The lowest BCUT2D eigenvalue weighted by molar-refractivity contribution is -0.384. The molecule has 0 aliphatic heterocycles. The van der Waals surface area contributed by atoms with E-state index in [9.17, 15) is 10.1 Å². The molecule has 7 heteroatoms. The van der Waals surface area contributed by atoms with Crippen molar-refractivity contribution in [1.29, 1.82) is 0 Å². The van der Waals surface area contributed by atoms with Crippen LogP contribution in [0.4, 0.5) is 11.4 Å². The quantitative estimate of drug-likeness (QED) is 0.360. The van der Waals surface area contributed by atoms with E-state index < -0.39 is 4.92 Å². The molecule has 0 spiro atoms. The lowest BCUT2D eigenvalue weighted by atomic mass is 10.2. The number of benzene rings is 1. The molecule has 104 valence electrons. The van der Waals surface area contributed by atoms with Gasteiger partial charge < -0.3 is 14.5 Å². The van der Waals surface area contributed by atoms with Gasteiger partial charge in [-0.2, -0.15) is 0 Å². The summed E-state index contributed by atoms with van der Waals surface area (Å²) in [5, 5.41) is 10.7. The summed E-state index contributed by atoms with van der Waals surface area (Å²) in [6, 6.07) is 4.34. The first-order valence-electron chi connectivity index (χ1n) is 5.62. The van der Waals surface area contributed by atoms with E-state index in [1.165, 1.54) is 19.2 Å². The Bertz CT molecular complexity index is 488. The van der Waals surface area contributed by atoms with Crippen molar-refractivity contribution >= 4 is 17.3 Å². The maximum Gasteiger partial charge on any atom is 0.273 e. The highest BCUT2D eigenvalue weighted by Gasteiger charge is 2.13. The van der Waals surface area contributed by atoms with Crippen molar-refractivity contribution in [2.45, 2.75) is 0 Å². The van der Waals surface area contributed by atoms with Gasteiger partial charge in [0.25, 0.3) is 5.69 Å². The summed E-state index contributed by atoms with van der Waals surface area (Å²) in [7, 11) is 8.95. The number of nitro groups is 1. The summed E-state index contributed by atoms with van der Waals surface area (Å²) in [6.07, 6.45) is 0. The number of guanidine groups is 1. The Morgan fingerprint density at radius 2 is 1.84 bits per heavy atom. The fourth-order valence-corrected chi connectivity index (χ4v) is 1.58. The SMILES string of the molecule is COc1cc([N+](=O)[O-])ccc1N=C(N(C)C)N(C)C. The van der Waals surface area contributed by atoms with E-state index in [-0.39, 0.29) is 5.69 Å². The Kier molecular flexibility index (Phi) is 4.68. The second-order valence-corrected chi connectivity index (χ2v) is 4.31. The molecule has 0 saturated heterocycles. The Labute approximate surface area is 112 Å². The molecule has 0 bridgehead atoms. The normalized spacial score (nSPS) is 9.74. The van der Waals surface area contributed by atoms with Crippen LogP contribution < -0.4 is 4.74 Å². The number of nitro benzene ring substituents is 1. The fourth-order valence-electron chi connectivity index (χ4n) is 1.58. The molecule has 1 aromatic rings. The highest BCUT2D eigenvalue weighted by Crippen LogP contribution is 2.31. The number of ether oxygens (including phenoxy) is 1. The minimum absolute atomic E-state index is 0.0212. The molecule has 0 amide bonds. The lowest BCUT2D eigenvalue weighted by Gasteiger charge is -2.22. The van der Waals surface area contributed by atoms with Gasteiger partial charge in [0.1, 0.15) is 5.69 Å². The standard InChI is InChI=1S/C12H18N4O3/c1-14(2)12(15(3)4)13-10-7-6-9(16(17)18)8-11(10)19-5/h6-8H,1-5H3. The van der Waals surface area contributed by atoms with Crippen LogP contribution in [0.5, 0.6) is 5.75 Å². The molecule has 0 unspecified atom stereocenters. The van der Waals surface area contributed by atoms with Gasteiger partial charge >= 0.3 is 0 Å². The largest absolute Gasteiger partial charge is 0.494 e. The molecular formula is C12H18N4O3. The van der Waals surface area contributed by atoms with Crippen LogP contribution in [-0.2, 0) is 0 Å². The maximum absolute atomic E-state index is 10.7. The van der Waals surface area contributed by atoms with Crippen LogP contribution in [0.3, 0.4) is 0 Å². The zero-order valence-corrected chi connectivity index (χ0v) is 11.7. The third-order valence-corrected chi connectivity index (χ3v) is 2.39. The highest BCUT2D eigenvalue weighted by molar-refractivity contribution is 5.83. The van der Waals surface area contributed by atoms with Crippen molar-refractivity contribution in [2.75, 3.05) is 35.3 Å². The first-order chi connectivity index (χ1) is 8.86. The summed E-state index contributed by atoms with van der Waals surface area (Å²) >= 11 is 0. The maximum atomic E-state index is 10.7. The van der Waals surface area contributed by atoms with Crippen LogP contribution in [0.2, 0.25) is 0 Å². The van der Waals surface area contributed by atoms with Gasteiger partial charge in [-0.25, -0.2) is 4.99 Å². The molecule has 1 aromatic carbocycles. The average molecular weight is 266 g/mol. The summed E-state index contributed by atoms with van der Waals surface area (Å²) in [5.74, 6) is 1.09. The molecule has 0 aliphatic rings. The number of non-ortho nitro benzene ring substituents is 1. The van der Waals surface area contributed by atoms with Crippen molar-refractivity contribution in [3.63, 3.8) is 0 Å². The van der Waals surface area contributed by atoms with E-state index >= 15 is 0 Å². The molecule has 1 rings (SSSR count). The van der Waals surface area contributed by atoms with Gasteiger partial charge in [-0.1, -0.05) is 0 Å². The zero-order chi connectivity index (χ0) is 14.6. The molecule has 0 fully saturated rings. The van der Waals surface area contributed by atoms with Gasteiger partial charge in [-0.3, -0.25) is 10.1 Å². The van der Waals surface area contributed by atoms with Crippen molar-refractivity contribution in [3.05, 3.63) is 28.3 Å². The van der Waals surface area contributed by atoms with Gasteiger partial charge in [0, 0.05) is 34.3 Å². The van der Waals surface area contributed by atoms with Gasteiger partial charge in [-0.05, 0) is 6.07 Å². The van der Waals surface area contributed by atoms with Crippen molar-refractivity contribution in [3.8, 4) is 5.75 Å². The van der Waals surface area contributed by atoms with Crippen molar-refractivity contribution < 1.29 is 9.66 Å². The third kappa shape index (κ3) is 3.57. The number of rotatable bonds is 3. The summed E-state index contributed by atoms with van der Waals surface area (Å²) in [6.45, 7) is 0. The molecule has 0 heterocycles. The van der Waals surface area contributed by atoms with Crippen LogP contribution in [0.1, 0.15) is 0 Å². The second-order valence-electron chi connectivity index (χ2n) is 4.31. The number of hydrogen-bond acceptors (Lipinski definition) is 4. The van der Waals surface area contributed by atoms with E-state index in [1.54, 1.807) is 6.07 Å². The molecular weight excluding hydrogens is 248 g/mol. The number of hydrogen-bond donors (Lipinski definition) is 0. The van der Waals surface area contributed by atoms with E-state index in [0.29, 0.717) is 17.4 Å². The van der Waals surface area contributed by atoms with Crippen molar-refractivity contribution in [1.82, 2.24) is 9.80 Å². The molecule has 0 saturated carbocycles. The smallest absolute Gasteiger partial charge is 0.273 e. The fraction of sp³-hybridized carbons (Fsp3) is 0.417. The van der Waals surface area contributed by atoms with Crippen LogP contribution in [-0.4, -0.2) is 56.0 Å². The van der Waals surface area contributed by atoms with Gasteiger partial charge in [-0.15, -0.1) is 0 Å². The van der Waals surface area contributed by atoms with Gasteiger partial charge in [0.15, 0.2) is 5.75 Å². The van der Waals surface area contributed by atoms with E-state index in [2.05, 4.69) is 4.99 Å². The average Bonchev–Trinajstić information content (AvgIpc) is 2.34. The first kappa shape index (κ1) is 14.7. The van der Waals surface area contributed by atoms with Crippen molar-refractivity contribution in [2.24, 2.45) is 4.99 Å². The van der Waals surface area contributed by atoms with E-state index in [1.807, 2.05) is 38.0 Å². The minimum Gasteiger partial charge on any atom is -0.494 e. The van der Waals surface area contributed by atoms with E-state index in [0.717, 1.165) is 0 Å². The lowest BCUT2D eigenvalue weighted by Crippen LogP contribution is -2.35. The number of nitrogens with zero attached hydrogens (tertiary/aromatic N) is 4. The second kappa shape index (κ2) is 6.03. The number of methoxy groups -OCH3 is 1. The Hall–Kier alpha value is -2.31. The molecule has 0 aromatic heterocycles. The number of aliphatic imine (C=N–C) groups is 1. The van der Waals surface area contributed by atoms with Crippen LogP contribution in [0, 0.1) is 10.1 Å². The molecule has 0 atom stereocenters. The van der Waals surface area contributed by atoms with Gasteiger partial charge in [0.2, 0.25) is 5.96 Å².